The Hall–Kier alpha value is -1.51. The van der Waals surface area contributed by atoms with Crippen molar-refractivity contribution in [2.75, 3.05) is 19.6 Å². The highest BCUT2D eigenvalue weighted by Crippen LogP contribution is 2.17. The number of sulfonamides is 1. The summed E-state index contributed by atoms with van der Waals surface area (Å²) in [7, 11) is -3.84. The maximum absolute atomic E-state index is 13.6. The first-order chi connectivity index (χ1) is 9.88. The third kappa shape index (κ3) is 4.23. The lowest BCUT2D eigenvalue weighted by Crippen LogP contribution is -2.46. The lowest BCUT2D eigenvalue weighted by molar-refractivity contribution is 0.231. The Balaban J connectivity index is 1.97. The zero-order chi connectivity index (χ0) is 15.5. The van der Waals surface area contributed by atoms with Gasteiger partial charge in [-0.15, -0.1) is 0 Å². The number of nitrogens with zero attached hydrogens (tertiary/aromatic N) is 1. The van der Waals surface area contributed by atoms with Crippen LogP contribution in [0, 0.1) is 11.2 Å². The van der Waals surface area contributed by atoms with Crippen molar-refractivity contribution in [3.05, 3.63) is 30.1 Å². The molecule has 1 fully saturated rings. The van der Waals surface area contributed by atoms with Crippen LogP contribution in [0.5, 0.6) is 0 Å². The molecule has 6 nitrogen and oxygen atoms in total. The van der Waals surface area contributed by atoms with Crippen LogP contribution in [0.3, 0.4) is 0 Å². The minimum absolute atomic E-state index is 0.0976. The van der Waals surface area contributed by atoms with Crippen LogP contribution >= 0.6 is 0 Å². The summed E-state index contributed by atoms with van der Waals surface area (Å²) in [4.78, 5) is 1.67. The molecule has 1 aliphatic heterocycles. The predicted molar refractivity (Wildman–Crippen MR) is 78.1 cm³/mol. The fraction of sp³-hybridized carbons (Fsp3) is 0.462. The van der Waals surface area contributed by atoms with Crippen LogP contribution in [0.15, 0.2) is 29.2 Å². The second-order valence-electron chi connectivity index (χ2n) is 5.13. The molecule has 2 rings (SSSR count). The van der Waals surface area contributed by atoms with Gasteiger partial charge < -0.3 is 5.73 Å². The van der Waals surface area contributed by atoms with Gasteiger partial charge in [0.2, 0.25) is 10.0 Å². The standard InChI is InChI=1S/C13H19FN4O2S/c14-11-3-1-2-4-12(11)21(19,20)17-10-5-7-18(8-6-10)9-13(15)16/h1-4,10,17H,5-9H2,(H3,15,16). The summed E-state index contributed by atoms with van der Waals surface area (Å²) in [6.45, 7) is 1.71. The Kier molecular flexibility index (Phi) is 4.92. The van der Waals surface area contributed by atoms with Crippen LogP contribution in [0.2, 0.25) is 0 Å². The minimum atomic E-state index is -3.84. The van der Waals surface area contributed by atoms with E-state index >= 15 is 0 Å². The van der Waals surface area contributed by atoms with E-state index in [4.69, 9.17) is 11.1 Å². The maximum Gasteiger partial charge on any atom is 0.243 e. The van der Waals surface area contributed by atoms with Crippen molar-refractivity contribution in [2.24, 2.45) is 5.73 Å². The molecule has 0 aliphatic carbocycles. The highest BCUT2D eigenvalue weighted by Gasteiger charge is 2.26. The lowest BCUT2D eigenvalue weighted by Gasteiger charge is -2.31. The Bertz CT molecular complexity index is 612. The van der Waals surface area contributed by atoms with Gasteiger partial charge in [0, 0.05) is 19.1 Å². The fourth-order valence-electron chi connectivity index (χ4n) is 2.40. The Morgan fingerprint density at radius 1 is 1.38 bits per heavy atom. The summed E-state index contributed by atoms with van der Waals surface area (Å²) in [6, 6.07) is 5.10. The minimum Gasteiger partial charge on any atom is -0.387 e. The maximum atomic E-state index is 13.6. The first kappa shape index (κ1) is 15.9. The van der Waals surface area contributed by atoms with Crippen molar-refractivity contribution in [2.45, 2.75) is 23.8 Å². The SMILES string of the molecule is N=C(N)CN1CCC(NS(=O)(=O)c2ccccc2F)CC1. The number of nitrogens with two attached hydrogens (primary N) is 1. The molecule has 116 valence electrons. The molecule has 1 aliphatic rings. The molecule has 1 aromatic carbocycles. The number of nitrogens with one attached hydrogen (secondary N) is 2. The lowest BCUT2D eigenvalue weighted by atomic mass is 10.1. The van der Waals surface area contributed by atoms with Crippen LogP contribution in [0.4, 0.5) is 4.39 Å². The van der Waals surface area contributed by atoms with Gasteiger partial charge in [-0.3, -0.25) is 10.3 Å². The van der Waals surface area contributed by atoms with Crippen LogP contribution in [-0.4, -0.2) is 44.8 Å². The molecule has 1 saturated heterocycles. The van der Waals surface area contributed by atoms with Crippen molar-refractivity contribution >= 4 is 15.9 Å². The smallest absolute Gasteiger partial charge is 0.243 e. The van der Waals surface area contributed by atoms with Gasteiger partial charge >= 0.3 is 0 Å². The third-order valence-corrected chi connectivity index (χ3v) is 4.98. The molecule has 0 bridgehead atoms. The number of hydrogen-bond acceptors (Lipinski definition) is 4. The number of amidine groups is 1. The normalized spacial score (nSPS) is 17.8. The van der Waals surface area contributed by atoms with Gasteiger partial charge in [0.15, 0.2) is 0 Å². The molecular weight excluding hydrogens is 295 g/mol. The molecule has 21 heavy (non-hydrogen) atoms. The molecule has 0 aromatic heterocycles. The average molecular weight is 314 g/mol. The monoisotopic (exact) mass is 314 g/mol. The quantitative estimate of drug-likeness (QED) is 0.544. The van der Waals surface area contributed by atoms with Crippen molar-refractivity contribution in [1.82, 2.24) is 9.62 Å². The zero-order valence-electron chi connectivity index (χ0n) is 11.5. The number of hydrogen-bond donors (Lipinski definition) is 3. The second-order valence-corrected chi connectivity index (χ2v) is 6.81. The summed E-state index contributed by atoms with van der Waals surface area (Å²) in [6.07, 6.45) is 1.22. The summed E-state index contributed by atoms with van der Waals surface area (Å²) in [5, 5.41) is 7.24. The molecule has 8 heteroatoms. The van der Waals surface area contributed by atoms with Crippen molar-refractivity contribution < 1.29 is 12.8 Å². The molecule has 0 saturated carbocycles. The molecule has 0 atom stereocenters. The molecular formula is C13H19FN4O2S. The number of likely N-dealkylation sites (tertiary alicyclic amines) is 1. The Morgan fingerprint density at radius 2 is 2.00 bits per heavy atom. The van der Waals surface area contributed by atoms with Crippen molar-refractivity contribution in [3.63, 3.8) is 0 Å². The van der Waals surface area contributed by atoms with Crippen molar-refractivity contribution in [3.8, 4) is 0 Å². The Morgan fingerprint density at radius 3 is 2.57 bits per heavy atom. The first-order valence-electron chi connectivity index (χ1n) is 6.70. The molecule has 1 aromatic rings. The molecule has 4 N–H and O–H groups in total. The van der Waals surface area contributed by atoms with Crippen LogP contribution in [0.1, 0.15) is 12.8 Å². The predicted octanol–water partition coefficient (Wildman–Crippen LogP) is 0.504. The fourth-order valence-corrected chi connectivity index (χ4v) is 3.78. The molecule has 1 heterocycles. The highest BCUT2D eigenvalue weighted by atomic mass is 32.2. The average Bonchev–Trinajstić information content (AvgIpc) is 2.40. The molecule has 0 radical (unpaired) electrons. The zero-order valence-corrected chi connectivity index (χ0v) is 12.4. The van der Waals surface area contributed by atoms with E-state index in [1.807, 2.05) is 4.90 Å². The van der Waals surface area contributed by atoms with E-state index in [-0.39, 0.29) is 16.8 Å². The molecule has 0 spiro atoms. The van der Waals surface area contributed by atoms with Crippen LogP contribution in [0.25, 0.3) is 0 Å². The van der Waals surface area contributed by atoms with E-state index in [1.165, 1.54) is 18.2 Å². The molecule has 0 unspecified atom stereocenters. The van der Waals surface area contributed by atoms with E-state index in [0.717, 1.165) is 6.07 Å². The largest absolute Gasteiger partial charge is 0.387 e. The van der Waals surface area contributed by atoms with Gasteiger partial charge in [0.1, 0.15) is 16.5 Å². The molecule has 0 amide bonds. The van der Waals surface area contributed by atoms with Gasteiger partial charge in [0.25, 0.3) is 0 Å². The van der Waals surface area contributed by atoms with Gasteiger partial charge in [-0.2, -0.15) is 0 Å². The number of halogens is 1. The van der Waals surface area contributed by atoms with E-state index < -0.39 is 15.8 Å². The van der Waals surface area contributed by atoms with E-state index in [9.17, 15) is 12.8 Å². The van der Waals surface area contributed by atoms with E-state index in [2.05, 4.69) is 4.72 Å². The summed E-state index contributed by atoms with van der Waals surface area (Å²) >= 11 is 0. The summed E-state index contributed by atoms with van der Waals surface area (Å²) in [5.41, 5.74) is 5.34. The van der Waals surface area contributed by atoms with Gasteiger partial charge in [0.05, 0.1) is 6.54 Å². The van der Waals surface area contributed by atoms with E-state index in [1.54, 1.807) is 0 Å². The first-order valence-corrected chi connectivity index (χ1v) is 8.19. The number of rotatable bonds is 5. The van der Waals surface area contributed by atoms with Crippen molar-refractivity contribution in [1.29, 1.82) is 5.41 Å². The summed E-state index contributed by atoms with van der Waals surface area (Å²) < 4.78 is 40.5. The topological polar surface area (TPSA) is 99.3 Å². The second kappa shape index (κ2) is 6.50. The third-order valence-electron chi connectivity index (χ3n) is 3.43. The number of piperidine rings is 1. The Labute approximate surface area is 123 Å². The van der Waals surface area contributed by atoms with E-state index in [0.29, 0.717) is 32.5 Å². The number of benzene rings is 1. The van der Waals surface area contributed by atoms with Gasteiger partial charge in [-0.05, 0) is 25.0 Å². The van der Waals surface area contributed by atoms with Crippen LogP contribution in [-0.2, 0) is 10.0 Å². The van der Waals surface area contributed by atoms with Gasteiger partial charge in [-0.25, -0.2) is 17.5 Å². The highest BCUT2D eigenvalue weighted by molar-refractivity contribution is 7.89. The summed E-state index contributed by atoms with van der Waals surface area (Å²) in [5.74, 6) is -0.653. The van der Waals surface area contributed by atoms with Crippen LogP contribution < -0.4 is 10.5 Å². The van der Waals surface area contributed by atoms with Gasteiger partial charge in [-0.1, -0.05) is 12.1 Å².